The first kappa shape index (κ1) is 28.1. The number of alkyl carbamates (subject to hydrolysis) is 1. The van der Waals surface area contributed by atoms with Gasteiger partial charge in [-0.15, -0.1) is 10.2 Å². The second-order valence-electron chi connectivity index (χ2n) is 9.23. The molecule has 0 aliphatic heterocycles. The van der Waals surface area contributed by atoms with Crippen molar-refractivity contribution >= 4 is 46.8 Å². The van der Waals surface area contributed by atoms with Gasteiger partial charge >= 0.3 is 6.09 Å². The van der Waals surface area contributed by atoms with Crippen LogP contribution in [0.4, 0.5) is 10.6 Å². The summed E-state index contributed by atoms with van der Waals surface area (Å²) < 4.78 is 11.4. The highest BCUT2D eigenvalue weighted by molar-refractivity contribution is 6.42. The molecule has 2 amide bonds. The van der Waals surface area contributed by atoms with Crippen LogP contribution in [0.15, 0.2) is 28.8 Å². The Labute approximate surface area is 222 Å². The molecule has 3 aromatic rings. The Bertz CT molecular complexity index is 1220. The van der Waals surface area contributed by atoms with E-state index in [0.29, 0.717) is 12.0 Å². The quantitative estimate of drug-likeness (QED) is 0.238. The van der Waals surface area contributed by atoms with E-state index in [1.165, 1.54) is 24.4 Å². The summed E-state index contributed by atoms with van der Waals surface area (Å²) in [6.45, 7) is 7.36. The molecule has 0 aromatic carbocycles. The lowest BCUT2D eigenvalue weighted by atomic mass is 9.89. The number of aromatic nitrogens is 5. The number of nitrogens with zero attached hydrogens (tertiary/aromatic N) is 4. The Kier molecular flexibility index (Phi) is 9.22. The molecule has 37 heavy (non-hydrogen) atoms. The van der Waals surface area contributed by atoms with Crippen molar-refractivity contribution in [1.29, 1.82) is 0 Å². The molecule has 0 bridgehead atoms. The highest BCUT2D eigenvalue weighted by Gasteiger charge is 2.36. The highest BCUT2D eigenvalue weighted by Crippen LogP contribution is 2.37. The summed E-state index contributed by atoms with van der Waals surface area (Å²) in [6, 6.07) is 3.40. The first-order valence-electron chi connectivity index (χ1n) is 11.5. The predicted octanol–water partition coefficient (Wildman–Crippen LogP) is 4.74. The van der Waals surface area contributed by atoms with Crippen LogP contribution in [0.25, 0.3) is 11.5 Å². The number of hydrogen-bond donors (Lipinski definition) is 3. The van der Waals surface area contributed by atoms with E-state index >= 15 is 0 Å². The van der Waals surface area contributed by atoms with Gasteiger partial charge in [-0.25, -0.2) is 9.78 Å². The Hall–Kier alpha value is -3.51. The zero-order valence-corrected chi connectivity index (χ0v) is 22.2. The van der Waals surface area contributed by atoms with Crippen LogP contribution in [0.5, 0.6) is 0 Å². The molecule has 3 rings (SSSR count). The third kappa shape index (κ3) is 7.73. The molecular weight excluding hydrogens is 525 g/mol. The number of amides is 2. The summed E-state index contributed by atoms with van der Waals surface area (Å²) in [5.74, 6) is -1.33. The number of H-pyrrole nitrogens is 1. The zero-order valence-electron chi connectivity index (χ0n) is 20.7. The van der Waals surface area contributed by atoms with E-state index in [4.69, 9.17) is 32.4 Å². The van der Waals surface area contributed by atoms with Gasteiger partial charge < -0.3 is 19.8 Å². The first-order chi connectivity index (χ1) is 17.5. The maximum atomic E-state index is 12.9. The molecule has 0 fully saturated rings. The topological polar surface area (TPSA) is 165 Å². The van der Waals surface area contributed by atoms with Crippen LogP contribution in [0.2, 0.25) is 10.3 Å². The maximum Gasteiger partial charge on any atom is 0.408 e. The fourth-order valence-corrected chi connectivity index (χ4v) is 3.73. The molecule has 198 valence electrons. The fourth-order valence-electron chi connectivity index (χ4n) is 3.27. The third-order valence-corrected chi connectivity index (χ3v) is 5.50. The van der Waals surface area contributed by atoms with Crippen molar-refractivity contribution in [3.05, 3.63) is 40.6 Å². The lowest BCUT2D eigenvalue weighted by molar-refractivity contribution is -0.136. The van der Waals surface area contributed by atoms with Gasteiger partial charge in [0.25, 0.3) is 11.8 Å². The molecule has 3 aromatic heterocycles. The SMILES string of the molecule is CCCC[C@H](NC(=O)OC(c1nnc(-c2cc(Cl)nc(Cl)c2)o1)C(C)(C)C)C(=O)C(=O)Nc1ccn[nH]1. The Balaban J connectivity index is 1.75. The lowest BCUT2D eigenvalue weighted by Crippen LogP contribution is -2.46. The number of anilines is 1. The van der Waals surface area contributed by atoms with Gasteiger partial charge in [-0.1, -0.05) is 63.7 Å². The number of carbonyl (C=O) groups is 3. The number of aromatic amines is 1. The number of nitrogens with one attached hydrogen (secondary N) is 3. The van der Waals surface area contributed by atoms with Gasteiger partial charge in [0.05, 0.1) is 6.20 Å². The molecule has 0 saturated carbocycles. The molecule has 3 N–H and O–H groups in total. The lowest BCUT2D eigenvalue weighted by Gasteiger charge is -2.28. The Morgan fingerprint density at radius 3 is 2.46 bits per heavy atom. The zero-order chi connectivity index (χ0) is 27.2. The molecule has 0 radical (unpaired) electrons. The van der Waals surface area contributed by atoms with Crippen molar-refractivity contribution in [2.75, 3.05) is 5.32 Å². The van der Waals surface area contributed by atoms with Gasteiger partial charge in [-0.05, 0) is 18.6 Å². The molecule has 1 unspecified atom stereocenters. The van der Waals surface area contributed by atoms with Gasteiger partial charge in [0, 0.05) is 17.0 Å². The van der Waals surface area contributed by atoms with Gasteiger partial charge in [0.2, 0.25) is 11.7 Å². The van der Waals surface area contributed by atoms with Crippen LogP contribution in [0.1, 0.15) is 59.0 Å². The number of halogens is 2. The minimum Gasteiger partial charge on any atom is -0.436 e. The summed E-state index contributed by atoms with van der Waals surface area (Å²) in [7, 11) is 0. The summed E-state index contributed by atoms with van der Waals surface area (Å²) in [5, 5.41) is 19.5. The summed E-state index contributed by atoms with van der Waals surface area (Å²) in [6.07, 6.45) is 1.12. The van der Waals surface area contributed by atoms with Crippen LogP contribution in [-0.2, 0) is 14.3 Å². The molecule has 3 heterocycles. The largest absolute Gasteiger partial charge is 0.436 e. The molecule has 2 atom stereocenters. The van der Waals surface area contributed by atoms with E-state index in [2.05, 4.69) is 36.0 Å². The van der Waals surface area contributed by atoms with Crippen LogP contribution in [-0.4, -0.2) is 49.2 Å². The monoisotopic (exact) mass is 551 g/mol. The average molecular weight is 552 g/mol. The summed E-state index contributed by atoms with van der Waals surface area (Å²) in [4.78, 5) is 42.0. The van der Waals surface area contributed by atoms with Crippen molar-refractivity contribution in [3.63, 3.8) is 0 Å². The van der Waals surface area contributed by atoms with E-state index in [1.54, 1.807) is 0 Å². The number of Topliss-reactive ketones (excluding diaryl/α,β-unsaturated/α-hetero) is 1. The first-order valence-corrected chi connectivity index (χ1v) is 12.2. The molecule has 0 aliphatic rings. The fraction of sp³-hybridized carbons (Fsp3) is 0.435. The van der Waals surface area contributed by atoms with Crippen LogP contribution in [0.3, 0.4) is 0 Å². The molecule has 0 saturated heterocycles. The molecule has 14 heteroatoms. The number of unbranched alkanes of at least 4 members (excludes halogenated alkanes) is 1. The van der Waals surface area contributed by atoms with Gasteiger partial charge in [0.15, 0.2) is 6.10 Å². The van der Waals surface area contributed by atoms with E-state index in [0.717, 1.165) is 6.42 Å². The number of pyridine rings is 1. The number of rotatable bonds is 10. The van der Waals surface area contributed by atoms with Crippen LogP contribution in [0, 0.1) is 5.41 Å². The third-order valence-electron chi connectivity index (χ3n) is 5.11. The van der Waals surface area contributed by atoms with Crippen molar-refractivity contribution in [2.24, 2.45) is 5.41 Å². The minimum atomic E-state index is -1.10. The summed E-state index contributed by atoms with van der Waals surface area (Å²) >= 11 is 11.9. The van der Waals surface area contributed by atoms with Gasteiger partial charge in [-0.2, -0.15) is 5.10 Å². The maximum absolute atomic E-state index is 12.9. The summed E-state index contributed by atoms with van der Waals surface area (Å²) in [5.41, 5.74) is -0.232. The predicted molar refractivity (Wildman–Crippen MR) is 135 cm³/mol. The van der Waals surface area contributed by atoms with E-state index in [9.17, 15) is 14.4 Å². The second-order valence-corrected chi connectivity index (χ2v) is 10.0. The number of ketones is 1. The number of ether oxygens (including phenoxy) is 1. The smallest absolute Gasteiger partial charge is 0.408 e. The Morgan fingerprint density at radius 2 is 1.86 bits per heavy atom. The van der Waals surface area contributed by atoms with Crippen molar-refractivity contribution in [3.8, 4) is 11.5 Å². The standard InChI is InChI=1S/C23H27Cl2N7O5/c1-5-6-7-13(17(33)19(34)29-16-8-9-26-30-16)27-22(35)36-18(23(2,3)4)21-32-31-20(37-21)12-10-14(24)28-15(25)11-12/h8-11,13,18H,5-7H2,1-4H3,(H,27,35)(H2,26,29,30,34)/t13-,18?/m0/s1. The van der Waals surface area contributed by atoms with E-state index in [-0.39, 0.29) is 34.3 Å². The van der Waals surface area contributed by atoms with Crippen molar-refractivity contribution < 1.29 is 23.5 Å². The highest BCUT2D eigenvalue weighted by atomic mass is 35.5. The number of carbonyl (C=O) groups excluding carboxylic acids is 3. The molecule has 12 nitrogen and oxygen atoms in total. The van der Waals surface area contributed by atoms with E-state index < -0.39 is 35.3 Å². The molecule has 0 aliphatic carbocycles. The minimum absolute atomic E-state index is 0.0233. The molecular formula is C23H27Cl2N7O5. The second kappa shape index (κ2) is 12.2. The van der Waals surface area contributed by atoms with Crippen molar-refractivity contribution in [2.45, 2.75) is 59.1 Å². The van der Waals surface area contributed by atoms with Crippen molar-refractivity contribution in [1.82, 2.24) is 30.7 Å². The van der Waals surface area contributed by atoms with Gasteiger partial charge in [-0.3, -0.25) is 14.7 Å². The normalized spacial score (nSPS) is 13.0. The van der Waals surface area contributed by atoms with Crippen LogP contribution < -0.4 is 10.6 Å². The average Bonchev–Trinajstić information content (AvgIpc) is 3.50. The number of hydrogen-bond acceptors (Lipinski definition) is 9. The van der Waals surface area contributed by atoms with Gasteiger partial charge in [0.1, 0.15) is 22.2 Å². The van der Waals surface area contributed by atoms with Crippen LogP contribution >= 0.6 is 23.2 Å². The Morgan fingerprint density at radius 1 is 1.16 bits per heavy atom. The van der Waals surface area contributed by atoms with E-state index in [1.807, 2.05) is 27.7 Å². The molecule has 0 spiro atoms.